The summed E-state index contributed by atoms with van der Waals surface area (Å²) in [6, 6.07) is 10.1. The van der Waals surface area contributed by atoms with Gasteiger partial charge in [0, 0.05) is 24.9 Å². The molecule has 2 heterocycles. The van der Waals surface area contributed by atoms with Crippen LogP contribution in [0.4, 0.5) is 0 Å². The van der Waals surface area contributed by atoms with Crippen LogP contribution >= 0.6 is 0 Å². The van der Waals surface area contributed by atoms with Crippen molar-refractivity contribution in [2.75, 3.05) is 13.1 Å². The predicted molar refractivity (Wildman–Crippen MR) is 96.4 cm³/mol. The second kappa shape index (κ2) is 7.81. The average Bonchev–Trinajstić information content (AvgIpc) is 3.14. The van der Waals surface area contributed by atoms with Crippen molar-refractivity contribution in [3.8, 4) is 0 Å². The molecule has 1 aliphatic rings. The lowest BCUT2D eigenvalue weighted by molar-refractivity contribution is -0.134. The minimum absolute atomic E-state index is 0.0727. The highest BCUT2D eigenvalue weighted by molar-refractivity contribution is 5.83. The van der Waals surface area contributed by atoms with Crippen LogP contribution in [0.15, 0.2) is 34.9 Å². The summed E-state index contributed by atoms with van der Waals surface area (Å²) in [6.45, 7) is 7.65. The van der Waals surface area contributed by atoms with Gasteiger partial charge in [0.15, 0.2) is 5.82 Å². The number of carbonyl (C=O) groups excluding carboxylic acids is 1. The third kappa shape index (κ3) is 3.91. The molecule has 0 unspecified atom stereocenters. The first-order chi connectivity index (χ1) is 12.1. The maximum Gasteiger partial charge on any atom is 0.230 e. The SMILES string of the molecule is CC[C@@H](C(=O)N1CCC[C@@H](c2noc(C(C)C)n2)C1)c1ccccc1. The van der Waals surface area contributed by atoms with Crippen LogP contribution in [0.2, 0.25) is 0 Å². The summed E-state index contributed by atoms with van der Waals surface area (Å²) in [5.74, 6) is 1.96. The van der Waals surface area contributed by atoms with Crippen molar-refractivity contribution in [1.82, 2.24) is 15.0 Å². The quantitative estimate of drug-likeness (QED) is 0.822. The van der Waals surface area contributed by atoms with Gasteiger partial charge in [-0.3, -0.25) is 4.79 Å². The monoisotopic (exact) mass is 341 g/mol. The highest BCUT2D eigenvalue weighted by Crippen LogP contribution is 2.29. The summed E-state index contributed by atoms with van der Waals surface area (Å²) in [6.07, 6.45) is 2.79. The second-order valence-corrected chi connectivity index (χ2v) is 7.14. The number of aromatic nitrogens is 2. The van der Waals surface area contributed by atoms with Crippen LogP contribution in [0, 0.1) is 0 Å². The van der Waals surface area contributed by atoms with Crippen molar-refractivity contribution in [3.63, 3.8) is 0 Å². The third-order valence-corrected chi connectivity index (χ3v) is 4.96. The molecule has 1 amide bonds. The van der Waals surface area contributed by atoms with Gasteiger partial charge in [-0.15, -0.1) is 0 Å². The Labute approximate surface area is 149 Å². The van der Waals surface area contributed by atoms with Crippen LogP contribution in [0.5, 0.6) is 0 Å². The fraction of sp³-hybridized carbons (Fsp3) is 0.550. The highest BCUT2D eigenvalue weighted by atomic mass is 16.5. The van der Waals surface area contributed by atoms with Crippen LogP contribution in [-0.2, 0) is 4.79 Å². The van der Waals surface area contributed by atoms with Crippen LogP contribution in [-0.4, -0.2) is 34.0 Å². The van der Waals surface area contributed by atoms with E-state index in [-0.39, 0.29) is 23.7 Å². The van der Waals surface area contributed by atoms with E-state index in [1.54, 1.807) is 0 Å². The number of carbonyl (C=O) groups is 1. The normalized spacial score (nSPS) is 19.2. The highest BCUT2D eigenvalue weighted by Gasteiger charge is 2.31. The molecule has 0 spiro atoms. The molecule has 0 bridgehead atoms. The Morgan fingerprint density at radius 2 is 2.08 bits per heavy atom. The zero-order chi connectivity index (χ0) is 17.8. The van der Waals surface area contributed by atoms with E-state index in [0.29, 0.717) is 12.4 Å². The molecule has 1 aliphatic heterocycles. The molecule has 5 nitrogen and oxygen atoms in total. The van der Waals surface area contributed by atoms with E-state index in [9.17, 15) is 4.79 Å². The maximum absolute atomic E-state index is 13.1. The van der Waals surface area contributed by atoms with E-state index in [1.165, 1.54) is 0 Å². The zero-order valence-electron chi connectivity index (χ0n) is 15.3. The molecule has 3 rings (SSSR count). The van der Waals surface area contributed by atoms with Gasteiger partial charge in [0.05, 0.1) is 5.92 Å². The standard InChI is InChI=1S/C20H27N3O2/c1-4-17(15-9-6-5-7-10-15)20(24)23-12-8-11-16(13-23)18-21-19(14(2)3)25-22-18/h5-7,9-10,14,16-17H,4,8,11-13H2,1-3H3/t16-,17-/m1/s1. The topological polar surface area (TPSA) is 59.2 Å². The van der Waals surface area contributed by atoms with Crippen molar-refractivity contribution in [2.24, 2.45) is 0 Å². The Kier molecular flexibility index (Phi) is 5.51. The molecule has 1 aromatic carbocycles. The smallest absolute Gasteiger partial charge is 0.230 e. The Morgan fingerprint density at radius 3 is 2.72 bits per heavy atom. The summed E-state index contributed by atoms with van der Waals surface area (Å²) in [5, 5.41) is 4.15. The fourth-order valence-electron chi connectivity index (χ4n) is 3.49. The summed E-state index contributed by atoms with van der Waals surface area (Å²) in [5.41, 5.74) is 1.10. The lowest BCUT2D eigenvalue weighted by Gasteiger charge is -2.33. The van der Waals surface area contributed by atoms with Crippen molar-refractivity contribution >= 4 is 5.91 Å². The Bertz CT molecular complexity index is 696. The van der Waals surface area contributed by atoms with Gasteiger partial charge < -0.3 is 9.42 Å². The molecular formula is C20H27N3O2. The number of hydrogen-bond acceptors (Lipinski definition) is 4. The lowest BCUT2D eigenvalue weighted by atomic mass is 9.92. The average molecular weight is 341 g/mol. The van der Waals surface area contributed by atoms with Gasteiger partial charge in [-0.1, -0.05) is 56.3 Å². The summed E-state index contributed by atoms with van der Waals surface area (Å²) in [4.78, 5) is 19.6. The van der Waals surface area contributed by atoms with Gasteiger partial charge >= 0.3 is 0 Å². The van der Waals surface area contributed by atoms with Crippen molar-refractivity contribution in [3.05, 3.63) is 47.6 Å². The first-order valence-corrected chi connectivity index (χ1v) is 9.27. The van der Waals surface area contributed by atoms with E-state index in [4.69, 9.17) is 4.52 Å². The Hall–Kier alpha value is -2.17. The number of rotatable bonds is 5. The van der Waals surface area contributed by atoms with Gasteiger partial charge in [0.1, 0.15) is 0 Å². The largest absolute Gasteiger partial charge is 0.341 e. The first kappa shape index (κ1) is 17.6. The Morgan fingerprint density at radius 1 is 1.32 bits per heavy atom. The second-order valence-electron chi connectivity index (χ2n) is 7.14. The number of nitrogens with zero attached hydrogens (tertiary/aromatic N) is 3. The molecule has 25 heavy (non-hydrogen) atoms. The number of likely N-dealkylation sites (tertiary alicyclic amines) is 1. The summed E-state index contributed by atoms with van der Waals surface area (Å²) in [7, 11) is 0. The number of hydrogen-bond donors (Lipinski definition) is 0. The molecule has 0 aliphatic carbocycles. The molecule has 134 valence electrons. The molecule has 1 fully saturated rings. The van der Waals surface area contributed by atoms with Crippen LogP contribution < -0.4 is 0 Å². The maximum atomic E-state index is 13.1. The van der Waals surface area contributed by atoms with Crippen molar-refractivity contribution < 1.29 is 9.32 Å². The van der Waals surface area contributed by atoms with E-state index >= 15 is 0 Å². The molecule has 0 radical (unpaired) electrons. The number of piperidine rings is 1. The molecule has 0 N–H and O–H groups in total. The minimum atomic E-state index is -0.0727. The Balaban J connectivity index is 1.72. The number of amides is 1. The van der Waals surface area contributed by atoms with E-state index in [0.717, 1.165) is 37.2 Å². The summed E-state index contributed by atoms with van der Waals surface area (Å²) >= 11 is 0. The minimum Gasteiger partial charge on any atom is -0.341 e. The zero-order valence-corrected chi connectivity index (χ0v) is 15.3. The molecule has 1 saturated heterocycles. The first-order valence-electron chi connectivity index (χ1n) is 9.27. The molecule has 5 heteroatoms. The van der Waals surface area contributed by atoms with Crippen LogP contribution in [0.1, 0.15) is 75.1 Å². The van der Waals surface area contributed by atoms with Gasteiger partial charge in [0.2, 0.25) is 11.8 Å². The molecule has 2 aromatic rings. The predicted octanol–water partition coefficient (Wildman–Crippen LogP) is 4.09. The van der Waals surface area contributed by atoms with Gasteiger partial charge in [-0.2, -0.15) is 4.98 Å². The van der Waals surface area contributed by atoms with E-state index in [2.05, 4.69) is 17.1 Å². The molecular weight excluding hydrogens is 314 g/mol. The van der Waals surface area contributed by atoms with E-state index in [1.807, 2.05) is 49.1 Å². The summed E-state index contributed by atoms with van der Waals surface area (Å²) < 4.78 is 5.35. The fourth-order valence-corrected chi connectivity index (χ4v) is 3.49. The number of benzene rings is 1. The van der Waals surface area contributed by atoms with Crippen LogP contribution in [0.3, 0.4) is 0 Å². The van der Waals surface area contributed by atoms with Gasteiger partial charge in [-0.05, 0) is 24.8 Å². The molecule has 2 atom stereocenters. The van der Waals surface area contributed by atoms with Crippen LogP contribution in [0.25, 0.3) is 0 Å². The van der Waals surface area contributed by atoms with Gasteiger partial charge in [0.25, 0.3) is 0 Å². The molecule has 0 saturated carbocycles. The third-order valence-electron chi connectivity index (χ3n) is 4.96. The van der Waals surface area contributed by atoms with Gasteiger partial charge in [-0.25, -0.2) is 0 Å². The molecule has 1 aromatic heterocycles. The van der Waals surface area contributed by atoms with Crippen molar-refractivity contribution in [1.29, 1.82) is 0 Å². The van der Waals surface area contributed by atoms with E-state index < -0.39 is 0 Å². The lowest BCUT2D eigenvalue weighted by Crippen LogP contribution is -2.41. The van der Waals surface area contributed by atoms with Crippen molar-refractivity contribution in [2.45, 2.75) is 57.8 Å².